The molecule has 1 rings (SSSR count). The molecule has 0 aliphatic carbocycles. The van der Waals surface area contributed by atoms with Crippen molar-refractivity contribution in [1.29, 1.82) is 0 Å². The Morgan fingerprint density at radius 3 is 2.47 bits per heavy atom. The molecule has 1 nitrogen and oxygen atoms in total. The second kappa shape index (κ2) is 7.37. The Morgan fingerprint density at radius 2 is 1.82 bits per heavy atom. The van der Waals surface area contributed by atoms with E-state index < -0.39 is 0 Å². The number of hydrogen-bond acceptors (Lipinski definition) is 1. The van der Waals surface area contributed by atoms with Gasteiger partial charge in [0.1, 0.15) is 5.75 Å². The predicted octanol–water partition coefficient (Wildman–Crippen LogP) is 5.02. The number of ether oxygens (including phenoxy) is 1. The van der Waals surface area contributed by atoms with E-state index in [1.807, 2.05) is 6.07 Å². The first-order valence-corrected chi connectivity index (χ1v) is 6.82. The van der Waals surface area contributed by atoms with Crippen LogP contribution in [0.15, 0.2) is 24.3 Å². The molecule has 0 bridgehead atoms. The molecule has 96 valence electrons. The third-order valence-electron chi connectivity index (χ3n) is 2.97. The van der Waals surface area contributed by atoms with Gasteiger partial charge in [-0.25, -0.2) is 0 Å². The number of hydrogen-bond donors (Lipinski definition) is 0. The standard InChI is InChI=1S/C16H26O/c1-13(2)8-5-6-11-17-16-10-7-9-15(12-16)14(3)4/h7,9-10,12-14H,5-6,8,11H2,1-4H3. The van der Waals surface area contributed by atoms with Crippen molar-refractivity contribution in [3.63, 3.8) is 0 Å². The van der Waals surface area contributed by atoms with Crippen molar-refractivity contribution in [2.24, 2.45) is 5.92 Å². The van der Waals surface area contributed by atoms with E-state index in [4.69, 9.17) is 4.74 Å². The lowest BCUT2D eigenvalue weighted by atomic mass is 10.0. The molecule has 0 saturated heterocycles. The van der Waals surface area contributed by atoms with E-state index in [1.165, 1.54) is 18.4 Å². The van der Waals surface area contributed by atoms with Gasteiger partial charge in [-0.15, -0.1) is 0 Å². The maximum atomic E-state index is 5.78. The summed E-state index contributed by atoms with van der Waals surface area (Å²) in [6, 6.07) is 8.45. The van der Waals surface area contributed by atoms with Crippen LogP contribution in [0.5, 0.6) is 5.75 Å². The maximum absolute atomic E-state index is 5.78. The molecule has 0 unspecified atom stereocenters. The second-order valence-corrected chi connectivity index (χ2v) is 5.47. The van der Waals surface area contributed by atoms with Crippen LogP contribution in [0.4, 0.5) is 0 Å². The molecule has 1 heteroatoms. The molecule has 1 aromatic carbocycles. The van der Waals surface area contributed by atoms with Gasteiger partial charge in [0.25, 0.3) is 0 Å². The average Bonchev–Trinajstić information content (AvgIpc) is 2.28. The second-order valence-electron chi connectivity index (χ2n) is 5.47. The third-order valence-corrected chi connectivity index (χ3v) is 2.97. The minimum Gasteiger partial charge on any atom is -0.494 e. The number of benzene rings is 1. The minimum absolute atomic E-state index is 0.569. The van der Waals surface area contributed by atoms with Crippen LogP contribution in [0, 0.1) is 5.92 Å². The zero-order valence-corrected chi connectivity index (χ0v) is 11.7. The largest absolute Gasteiger partial charge is 0.494 e. The molecule has 0 aliphatic rings. The Kier molecular flexibility index (Phi) is 6.10. The van der Waals surface area contributed by atoms with E-state index in [9.17, 15) is 0 Å². The normalized spacial score (nSPS) is 11.2. The fraction of sp³-hybridized carbons (Fsp3) is 0.625. The van der Waals surface area contributed by atoms with E-state index in [1.54, 1.807) is 0 Å². The van der Waals surface area contributed by atoms with Crippen molar-refractivity contribution < 1.29 is 4.74 Å². The van der Waals surface area contributed by atoms with E-state index in [-0.39, 0.29) is 0 Å². The molecule has 0 aliphatic heterocycles. The molecule has 17 heavy (non-hydrogen) atoms. The summed E-state index contributed by atoms with van der Waals surface area (Å²) in [5, 5.41) is 0. The minimum atomic E-state index is 0.569. The van der Waals surface area contributed by atoms with Gasteiger partial charge in [0.15, 0.2) is 0 Å². The van der Waals surface area contributed by atoms with Crippen molar-refractivity contribution in [1.82, 2.24) is 0 Å². The van der Waals surface area contributed by atoms with Crippen LogP contribution in [-0.2, 0) is 0 Å². The molecule has 0 heterocycles. The maximum Gasteiger partial charge on any atom is 0.119 e. The molecule has 0 N–H and O–H groups in total. The van der Waals surface area contributed by atoms with E-state index >= 15 is 0 Å². The van der Waals surface area contributed by atoms with Crippen molar-refractivity contribution in [2.45, 2.75) is 52.9 Å². The van der Waals surface area contributed by atoms with Crippen molar-refractivity contribution in [3.8, 4) is 5.75 Å². The van der Waals surface area contributed by atoms with Gasteiger partial charge >= 0.3 is 0 Å². The highest BCUT2D eigenvalue weighted by atomic mass is 16.5. The molecule has 0 saturated carbocycles. The highest BCUT2D eigenvalue weighted by molar-refractivity contribution is 5.30. The van der Waals surface area contributed by atoms with Gasteiger partial charge in [-0.05, 0) is 42.4 Å². The molecule has 0 fully saturated rings. The summed E-state index contributed by atoms with van der Waals surface area (Å²) in [6.07, 6.45) is 3.72. The average molecular weight is 234 g/mol. The first kappa shape index (κ1) is 14.1. The Labute approximate surface area is 106 Å². The van der Waals surface area contributed by atoms with Gasteiger partial charge in [-0.1, -0.05) is 46.2 Å². The first-order valence-electron chi connectivity index (χ1n) is 6.82. The van der Waals surface area contributed by atoms with Gasteiger partial charge in [0, 0.05) is 0 Å². The van der Waals surface area contributed by atoms with Gasteiger partial charge in [0.2, 0.25) is 0 Å². The summed E-state index contributed by atoms with van der Waals surface area (Å²) in [5.41, 5.74) is 1.35. The molecule has 0 spiro atoms. The summed E-state index contributed by atoms with van der Waals surface area (Å²) in [5.74, 6) is 2.39. The van der Waals surface area contributed by atoms with Crippen LogP contribution >= 0.6 is 0 Å². The van der Waals surface area contributed by atoms with Crippen LogP contribution in [0.25, 0.3) is 0 Å². The number of unbranched alkanes of at least 4 members (excludes halogenated alkanes) is 1. The molecule has 0 aromatic heterocycles. The van der Waals surface area contributed by atoms with Gasteiger partial charge < -0.3 is 4.74 Å². The number of rotatable bonds is 7. The lowest BCUT2D eigenvalue weighted by Gasteiger charge is -2.10. The molecule has 0 amide bonds. The summed E-state index contributed by atoms with van der Waals surface area (Å²) >= 11 is 0. The lowest BCUT2D eigenvalue weighted by molar-refractivity contribution is 0.301. The monoisotopic (exact) mass is 234 g/mol. The molecule has 0 atom stereocenters. The van der Waals surface area contributed by atoms with Gasteiger partial charge in [0.05, 0.1) is 6.61 Å². The van der Waals surface area contributed by atoms with Crippen LogP contribution in [-0.4, -0.2) is 6.61 Å². The highest BCUT2D eigenvalue weighted by Gasteiger charge is 2.01. The van der Waals surface area contributed by atoms with Gasteiger partial charge in [-0.2, -0.15) is 0 Å². The van der Waals surface area contributed by atoms with Crippen molar-refractivity contribution >= 4 is 0 Å². The Morgan fingerprint density at radius 1 is 1.06 bits per heavy atom. The molecular formula is C16H26O. The zero-order chi connectivity index (χ0) is 12.7. The smallest absolute Gasteiger partial charge is 0.119 e. The first-order chi connectivity index (χ1) is 8.09. The Hall–Kier alpha value is -0.980. The van der Waals surface area contributed by atoms with Crippen LogP contribution in [0.1, 0.15) is 58.4 Å². The van der Waals surface area contributed by atoms with Crippen LogP contribution < -0.4 is 4.74 Å². The molecule has 0 radical (unpaired) electrons. The SMILES string of the molecule is CC(C)CCCCOc1cccc(C(C)C)c1. The summed E-state index contributed by atoms with van der Waals surface area (Å²) in [4.78, 5) is 0. The molecular weight excluding hydrogens is 208 g/mol. The van der Waals surface area contributed by atoms with E-state index in [2.05, 4.69) is 45.9 Å². The summed E-state index contributed by atoms with van der Waals surface area (Å²) in [7, 11) is 0. The fourth-order valence-electron chi connectivity index (χ4n) is 1.81. The lowest BCUT2D eigenvalue weighted by Crippen LogP contribution is -1.99. The van der Waals surface area contributed by atoms with Crippen molar-refractivity contribution in [2.75, 3.05) is 6.61 Å². The van der Waals surface area contributed by atoms with E-state index in [0.29, 0.717) is 5.92 Å². The Balaban J connectivity index is 2.29. The topological polar surface area (TPSA) is 9.23 Å². The van der Waals surface area contributed by atoms with Crippen LogP contribution in [0.2, 0.25) is 0 Å². The Bertz CT molecular complexity index is 315. The fourth-order valence-corrected chi connectivity index (χ4v) is 1.81. The summed E-state index contributed by atoms with van der Waals surface area (Å²) < 4.78 is 5.78. The summed E-state index contributed by atoms with van der Waals surface area (Å²) in [6.45, 7) is 9.80. The van der Waals surface area contributed by atoms with E-state index in [0.717, 1.165) is 24.7 Å². The highest BCUT2D eigenvalue weighted by Crippen LogP contribution is 2.20. The third kappa shape index (κ3) is 5.76. The van der Waals surface area contributed by atoms with Crippen LogP contribution in [0.3, 0.4) is 0 Å². The quantitative estimate of drug-likeness (QED) is 0.602. The van der Waals surface area contributed by atoms with Gasteiger partial charge in [-0.3, -0.25) is 0 Å². The zero-order valence-electron chi connectivity index (χ0n) is 11.7. The molecule has 1 aromatic rings. The predicted molar refractivity (Wildman–Crippen MR) is 74.7 cm³/mol. The van der Waals surface area contributed by atoms with Crippen molar-refractivity contribution in [3.05, 3.63) is 29.8 Å².